The van der Waals surface area contributed by atoms with Gasteiger partial charge >= 0.3 is 12.2 Å². The third kappa shape index (κ3) is 3.52. The molecule has 0 atom stereocenters. The molecule has 1 N–H and O–H groups in total. The monoisotopic (exact) mass is 270 g/mol. The Morgan fingerprint density at radius 3 is 2.47 bits per heavy atom. The summed E-state index contributed by atoms with van der Waals surface area (Å²) < 4.78 is 10.4. The number of nitrogens with one attached hydrogen (secondary N) is 1. The molecule has 0 radical (unpaired) electrons. The van der Waals surface area contributed by atoms with Gasteiger partial charge in [0.1, 0.15) is 12.2 Å². The molecule has 2 heterocycles. The number of amides is 2. The largest absolute Gasteiger partial charge is 0.449 e. The molecule has 108 valence electrons. The second-order valence-electron chi connectivity index (χ2n) is 6.40. The van der Waals surface area contributed by atoms with Crippen molar-refractivity contribution >= 4 is 12.2 Å². The van der Waals surface area contributed by atoms with Gasteiger partial charge in [-0.05, 0) is 33.6 Å². The van der Waals surface area contributed by atoms with Crippen LogP contribution >= 0.6 is 0 Å². The summed E-state index contributed by atoms with van der Waals surface area (Å²) in [4.78, 5) is 24.7. The Balaban J connectivity index is 1.85. The number of ether oxygens (including phenoxy) is 2. The fraction of sp³-hybridized carbons (Fsp3) is 0.846. The molecular formula is C13H22N2O4. The first-order chi connectivity index (χ1) is 8.80. The van der Waals surface area contributed by atoms with Crippen LogP contribution in [0.1, 0.15) is 33.6 Å². The molecular weight excluding hydrogens is 248 g/mol. The second kappa shape index (κ2) is 4.90. The Kier molecular flexibility index (Phi) is 3.60. The van der Waals surface area contributed by atoms with Crippen molar-refractivity contribution in [3.05, 3.63) is 0 Å². The van der Waals surface area contributed by atoms with E-state index in [9.17, 15) is 9.59 Å². The van der Waals surface area contributed by atoms with Gasteiger partial charge in [-0.15, -0.1) is 0 Å². The lowest BCUT2D eigenvalue weighted by molar-refractivity contribution is -0.0131. The SMILES string of the molecule is CC(C)(C)OC(=O)N1CCC2(CC1)CNC(=O)OC2. The van der Waals surface area contributed by atoms with E-state index in [-0.39, 0.29) is 17.6 Å². The predicted molar refractivity (Wildman–Crippen MR) is 68.8 cm³/mol. The zero-order valence-corrected chi connectivity index (χ0v) is 11.8. The van der Waals surface area contributed by atoms with Crippen LogP contribution in [-0.2, 0) is 9.47 Å². The van der Waals surface area contributed by atoms with Gasteiger partial charge in [0.25, 0.3) is 0 Å². The molecule has 0 bridgehead atoms. The van der Waals surface area contributed by atoms with Crippen molar-refractivity contribution in [3.8, 4) is 0 Å². The van der Waals surface area contributed by atoms with Crippen LogP contribution in [0.2, 0.25) is 0 Å². The fourth-order valence-corrected chi connectivity index (χ4v) is 2.39. The number of cyclic esters (lactones) is 1. The minimum Gasteiger partial charge on any atom is -0.449 e. The van der Waals surface area contributed by atoms with Gasteiger partial charge in [-0.1, -0.05) is 0 Å². The van der Waals surface area contributed by atoms with Crippen LogP contribution in [0.5, 0.6) is 0 Å². The van der Waals surface area contributed by atoms with Crippen LogP contribution in [0.25, 0.3) is 0 Å². The first-order valence-corrected chi connectivity index (χ1v) is 6.68. The molecule has 0 saturated carbocycles. The highest BCUT2D eigenvalue weighted by molar-refractivity contribution is 5.69. The molecule has 2 fully saturated rings. The van der Waals surface area contributed by atoms with E-state index in [0.717, 1.165) is 12.8 Å². The van der Waals surface area contributed by atoms with Gasteiger partial charge in [-0.25, -0.2) is 9.59 Å². The molecule has 0 aliphatic carbocycles. The molecule has 2 rings (SSSR count). The Bertz CT molecular complexity index is 355. The molecule has 0 unspecified atom stereocenters. The lowest BCUT2D eigenvalue weighted by Crippen LogP contribution is -2.54. The number of nitrogens with zero attached hydrogens (tertiary/aromatic N) is 1. The summed E-state index contributed by atoms with van der Waals surface area (Å²) in [7, 11) is 0. The zero-order chi connectivity index (χ0) is 14.1. The van der Waals surface area contributed by atoms with E-state index in [4.69, 9.17) is 9.47 Å². The Morgan fingerprint density at radius 1 is 1.37 bits per heavy atom. The summed E-state index contributed by atoms with van der Waals surface area (Å²) in [5.41, 5.74) is -0.486. The number of carbonyl (C=O) groups is 2. The molecule has 0 aromatic rings. The van der Waals surface area contributed by atoms with Crippen molar-refractivity contribution in [2.24, 2.45) is 5.41 Å². The van der Waals surface area contributed by atoms with E-state index in [1.165, 1.54) is 0 Å². The quantitative estimate of drug-likeness (QED) is 0.728. The van der Waals surface area contributed by atoms with E-state index in [0.29, 0.717) is 26.2 Å². The number of likely N-dealkylation sites (tertiary alicyclic amines) is 1. The molecule has 2 aliphatic rings. The van der Waals surface area contributed by atoms with Gasteiger partial charge in [-0.3, -0.25) is 0 Å². The summed E-state index contributed by atoms with van der Waals surface area (Å²) in [5, 5.41) is 2.73. The second-order valence-corrected chi connectivity index (χ2v) is 6.40. The number of rotatable bonds is 0. The first-order valence-electron chi connectivity index (χ1n) is 6.68. The van der Waals surface area contributed by atoms with Crippen LogP contribution < -0.4 is 5.32 Å². The molecule has 2 aliphatic heterocycles. The lowest BCUT2D eigenvalue weighted by atomic mass is 9.78. The molecule has 1 spiro atoms. The van der Waals surface area contributed by atoms with Gasteiger partial charge < -0.3 is 19.7 Å². The number of piperidine rings is 1. The van der Waals surface area contributed by atoms with Crippen LogP contribution in [-0.4, -0.2) is 48.9 Å². The summed E-state index contributed by atoms with van der Waals surface area (Å²) in [6.45, 7) is 7.96. The minimum atomic E-state index is -0.464. The molecule has 0 aromatic carbocycles. The van der Waals surface area contributed by atoms with Gasteiger partial charge in [0, 0.05) is 25.0 Å². The van der Waals surface area contributed by atoms with Crippen molar-refractivity contribution in [2.45, 2.75) is 39.2 Å². The normalized spacial score (nSPS) is 22.7. The topological polar surface area (TPSA) is 67.9 Å². The maximum atomic E-state index is 11.9. The number of alkyl carbamates (subject to hydrolysis) is 1. The third-order valence-electron chi connectivity index (χ3n) is 3.59. The number of hydrogen-bond donors (Lipinski definition) is 1. The molecule has 2 saturated heterocycles. The highest BCUT2D eigenvalue weighted by Gasteiger charge is 2.40. The standard InChI is InChI=1S/C13H22N2O4/c1-12(2,3)19-11(17)15-6-4-13(5-7-15)8-14-10(16)18-9-13/h4-9H2,1-3H3,(H,14,16). The maximum Gasteiger partial charge on any atom is 0.410 e. The van der Waals surface area contributed by atoms with E-state index in [1.54, 1.807) is 4.90 Å². The minimum absolute atomic E-state index is 0.0214. The average Bonchev–Trinajstić information content (AvgIpc) is 2.32. The van der Waals surface area contributed by atoms with Crippen molar-refractivity contribution in [3.63, 3.8) is 0 Å². The van der Waals surface area contributed by atoms with E-state index in [1.807, 2.05) is 20.8 Å². The molecule has 19 heavy (non-hydrogen) atoms. The Morgan fingerprint density at radius 2 is 2.00 bits per heavy atom. The predicted octanol–water partition coefficient (Wildman–Crippen LogP) is 1.74. The van der Waals surface area contributed by atoms with Crippen molar-refractivity contribution in [1.82, 2.24) is 10.2 Å². The van der Waals surface area contributed by atoms with Crippen LogP contribution in [0, 0.1) is 5.41 Å². The molecule has 6 heteroatoms. The van der Waals surface area contributed by atoms with Gasteiger partial charge in [0.2, 0.25) is 0 Å². The van der Waals surface area contributed by atoms with E-state index >= 15 is 0 Å². The van der Waals surface area contributed by atoms with E-state index in [2.05, 4.69) is 5.32 Å². The van der Waals surface area contributed by atoms with Crippen LogP contribution in [0.3, 0.4) is 0 Å². The van der Waals surface area contributed by atoms with Crippen molar-refractivity contribution in [1.29, 1.82) is 0 Å². The molecule has 0 aromatic heterocycles. The van der Waals surface area contributed by atoms with Crippen LogP contribution in [0.15, 0.2) is 0 Å². The highest BCUT2D eigenvalue weighted by Crippen LogP contribution is 2.33. The number of hydrogen-bond acceptors (Lipinski definition) is 4. The molecule has 2 amide bonds. The maximum absolute atomic E-state index is 11.9. The average molecular weight is 270 g/mol. The third-order valence-corrected chi connectivity index (χ3v) is 3.59. The molecule has 6 nitrogen and oxygen atoms in total. The zero-order valence-electron chi connectivity index (χ0n) is 11.8. The summed E-state index contributed by atoms with van der Waals surface area (Å²) in [5.74, 6) is 0. The number of carbonyl (C=O) groups excluding carboxylic acids is 2. The summed E-state index contributed by atoms with van der Waals surface area (Å²) in [6, 6.07) is 0. The highest BCUT2D eigenvalue weighted by atomic mass is 16.6. The van der Waals surface area contributed by atoms with Crippen molar-refractivity contribution in [2.75, 3.05) is 26.2 Å². The lowest BCUT2D eigenvalue weighted by Gasteiger charge is -2.43. The van der Waals surface area contributed by atoms with Crippen LogP contribution in [0.4, 0.5) is 9.59 Å². The van der Waals surface area contributed by atoms with Gasteiger partial charge in [-0.2, -0.15) is 0 Å². The Labute approximate surface area is 113 Å². The summed E-state index contributed by atoms with van der Waals surface area (Å²) in [6.07, 6.45) is 1.04. The first kappa shape index (κ1) is 14.0. The van der Waals surface area contributed by atoms with Gasteiger partial charge in [0.15, 0.2) is 0 Å². The van der Waals surface area contributed by atoms with Gasteiger partial charge in [0.05, 0.1) is 0 Å². The van der Waals surface area contributed by atoms with E-state index < -0.39 is 5.60 Å². The van der Waals surface area contributed by atoms with Crippen molar-refractivity contribution < 1.29 is 19.1 Å². The smallest absolute Gasteiger partial charge is 0.410 e. The summed E-state index contributed by atoms with van der Waals surface area (Å²) >= 11 is 0. The fourth-order valence-electron chi connectivity index (χ4n) is 2.39. The Hall–Kier alpha value is -1.46.